The number of benzene rings is 4. The second-order valence-corrected chi connectivity index (χ2v) is 14.9. The van der Waals surface area contributed by atoms with Gasteiger partial charge in [0.25, 0.3) is 20.2 Å². The van der Waals surface area contributed by atoms with Gasteiger partial charge in [0.15, 0.2) is 12.3 Å². The minimum Gasteiger partial charge on any atom is -0.367 e. The Labute approximate surface area is 289 Å². The van der Waals surface area contributed by atoms with Crippen molar-refractivity contribution in [3.8, 4) is 0 Å². The lowest BCUT2D eigenvalue weighted by atomic mass is 9.85. The molecular weight excluding hydrogens is 657 g/mol. The average molecular weight is 698 g/mol. The molecule has 0 unspecified atom stereocenters. The number of hydrogen-bond donors (Lipinski definition) is 2. The minimum atomic E-state index is -4.29. The van der Waals surface area contributed by atoms with Crippen molar-refractivity contribution in [2.75, 3.05) is 18.0 Å². The van der Waals surface area contributed by atoms with Gasteiger partial charge in [-0.2, -0.15) is 16.8 Å². The number of nitrogens with zero attached hydrogens (tertiary/aromatic N) is 2. The van der Waals surface area contributed by atoms with E-state index in [0.717, 1.165) is 55.9 Å². The molecule has 0 fully saturated rings. The third-order valence-electron chi connectivity index (χ3n) is 8.65. The summed E-state index contributed by atoms with van der Waals surface area (Å²) in [5.41, 5.74) is 10.1. The zero-order valence-corrected chi connectivity index (χ0v) is 29.7. The third kappa shape index (κ3) is 8.52. The molecule has 49 heavy (non-hydrogen) atoms. The van der Waals surface area contributed by atoms with Crippen LogP contribution in [0, 0.1) is 6.92 Å². The van der Waals surface area contributed by atoms with Crippen LogP contribution >= 0.6 is 0 Å². The van der Waals surface area contributed by atoms with Crippen LogP contribution in [0.5, 0.6) is 0 Å². The molecule has 0 amide bonds. The highest BCUT2D eigenvalue weighted by atomic mass is 32.2. The molecule has 4 aromatic carbocycles. The molecule has 10 heteroatoms. The maximum atomic E-state index is 11.7. The number of hydrogen-bond acceptors (Lipinski definition) is 5. The highest BCUT2D eigenvalue weighted by Gasteiger charge is 2.21. The van der Waals surface area contributed by atoms with Crippen molar-refractivity contribution in [3.63, 3.8) is 0 Å². The summed E-state index contributed by atoms with van der Waals surface area (Å²) in [6.45, 7) is 10.6. The van der Waals surface area contributed by atoms with E-state index < -0.39 is 20.2 Å². The fraction of sp³-hybridized carbons (Fsp3) is 0.205. The van der Waals surface area contributed by atoms with Gasteiger partial charge in [0.05, 0.1) is 9.79 Å². The predicted octanol–water partition coefficient (Wildman–Crippen LogP) is 7.51. The normalized spacial score (nSPS) is 15.5. The van der Waals surface area contributed by atoms with Crippen molar-refractivity contribution in [3.05, 3.63) is 154 Å². The zero-order chi connectivity index (χ0) is 35.3. The average Bonchev–Trinajstić information content (AvgIpc) is 3.07. The number of rotatable bonds is 11. The highest BCUT2D eigenvalue weighted by Crippen LogP contribution is 2.36. The Morgan fingerprint density at radius 2 is 1.37 bits per heavy atom. The Balaban J connectivity index is 1.52. The summed E-state index contributed by atoms with van der Waals surface area (Å²) in [4.78, 5) is 1.92. The van der Waals surface area contributed by atoms with Crippen LogP contribution in [0.2, 0.25) is 0 Å². The van der Waals surface area contributed by atoms with Gasteiger partial charge in [0, 0.05) is 36.5 Å². The molecule has 0 radical (unpaired) electrons. The smallest absolute Gasteiger partial charge is 0.294 e. The summed E-state index contributed by atoms with van der Waals surface area (Å²) < 4.78 is 68.0. The van der Waals surface area contributed by atoms with E-state index in [1.165, 1.54) is 24.3 Å². The molecule has 0 bridgehead atoms. The van der Waals surface area contributed by atoms with Crippen molar-refractivity contribution in [1.29, 1.82) is 0 Å². The Morgan fingerprint density at radius 1 is 0.735 bits per heavy atom. The molecule has 4 aromatic rings. The predicted molar refractivity (Wildman–Crippen MR) is 195 cm³/mol. The van der Waals surface area contributed by atoms with Crippen molar-refractivity contribution in [2.24, 2.45) is 0 Å². The first kappa shape index (κ1) is 35.7. The summed E-state index contributed by atoms with van der Waals surface area (Å²) in [6, 6.07) is 29.4. The van der Waals surface area contributed by atoms with Gasteiger partial charge in [0.1, 0.15) is 6.54 Å². The number of aryl methyl sites for hydroxylation is 1. The summed E-state index contributed by atoms with van der Waals surface area (Å²) in [5.74, 6) is 0. The zero-order valence-electron chi connectivity index (χ0n) is 28.0. The molecule has 0 saturated heterocycles. The molecule has 0 aromatic heterocycles. The lowest BCUT2D eigenvalue weighted by molar-refractivity contribution is -0.539. The van der Waals surface area contributed by atoms with Crippen LogP contribution in [0.25, 0.3) is 5.57 Å². The van der Waals surface area contributed by atoms with Gasteiger partial charge in [0.2, 0.25) is 0 Å². The van der Waals surface area contributed by atoms with Crippen LogP contribution in [0.1, 0.15) is 48.6 Å². The van der Waals surface area contributed by atoms with Gasteiger partial charge in [-0.1, -0.05) is 60.7 Å². The molecular formula is C39H41N2O6S2+. The van der Waals surface area contributed by atoms with Crippen LogP contribution in [-0.4, -0.2) is 49.3 Å². The Hall–Kier alpha value is -4.61. The molecule has 0 spiro atoms. The van der Waals surface area contributed by atoms with E-state index in [1.54, 1.807) is 12.1 Å². The molecule has 254 valence electrons. The molecule has 0 aliphatic heterocycles. The SMILES string of the molecule is CCN(Cc1cccc(S(=O)(=O)O)c1)c1ccc(C(=C2C=CC(=[N+](CC)Cc3cccc(S(=O)(=O)O)c3)C=C2C)c2ccccc2)c(C)c1. The summed E-state index contributed by atoms with van der Waals surface area (Å²) >= 11 is 0. The van der Waals surface area contributed by atoms with Crippen LogP contribution in [0.15, 0.2) is 136 Å². The molecule has 0 heterocycles. The van der Waals surface area contributed by atoms with E-state index in [2.05, 4.69) is 71.9 Å². The van der Waals surface area contributed by atoms with Gasteiger partial charge in [-0.05, 0) is 109 Å². The summed E-state index contributed by atoms with van der Waals surface area (Å²) in [5, 5.41) is 0. The maximum Gasteiger partial charge on any atom is 0.294 e. The molecule has 1 aliphatic carbocycles. The highest BCUT2D eigenvalue weighted by molar-refractivity contribution is 7.86. The monoisotopic (exact) mass is 697 g/mol. The largest absolute Gasteiger partial charge is 0.367 e. The van der Waals surface area contributed by atoms with Crippen molar-refractivity contribution in [1.82, 2.24) is 0 Å². The van der Waals surface area contributed by atoms with Gasteiger partial charge in [-0.3, -0.25) is 9.11 Å². The van der Waals surface area contributed by atoms with E-state index in [-0.39, 0.29) is 9.79 Å². The maximum absolute atomic E-state index is 11.7. The molecule has 8 nitrogen and oxygen atoms in total. The third-order valence-corrected chi connectivity index (χ3v) is 10.4. The second-order valence-electron chi connectivity index (χ2n) is 12.0. The van der Waals surface area contributed by atoms with Gasteiger partial charge >= 0.3 is 0 Å². The fourth-order valence-corrected chi connectivity index (χ4v) is 7.23. The Morgan fingerprint density at radius 3 is 1.94 bits per heavy atom. The Kier molecular flexibility index (Phi) is 10.8. The quantitative estimate of drug-likeness (QED) is 0.123. The first-order valence-electron chi connectivity index (χ1n) is 16.1. The topological polar surface area (TPSA) is 115 Å². The van der Waals surface area contributed by atoms with E-state index in [1.807, 2.05) is 44.2 Å². The first-order chi connectivity index (χ1) is 23.3. The van der Waals surface area contributed by atoms with Crippen LogP contribution < -0.4 is 4.90 Å². The van der Waals surface area contributed by atoms with Crippen LogP contribution in [-0.2, 0) is 33.3 Å². The Bertz CT molecular complexity index is 2220. The van der Waals surface area contributed by atoms with Crippen molar-refractivity contribution >= 4 is 37.2 Å². The second kappa shape index (κ2) is 14.9. The lowest BCUT2D eigenvalue weighted by Gasteiger charge is -2.25. The number of allylic oxidation sites excluding steroid dienone is 5. The molecule has 0 saturated carbocycles. The van der Waals surface area contributed by atoms with Crippen molar-refractivity contribution < 1.29 is 30.5 Å². The van der Waals surface area contributed by atoms with E-state index in [4.69, 9.17) is 0 Å². The van der Waals surface area contributed by atoms with E-state index >= 15 is 0 Å². The van der Waals surface area contributed by atoms with Crippen LogP contribution in [0.4, 0.5) is 5.69 Å². The minimum absolute atomic E-state index is 0.121. The molecule has 5 rings (SSSR count). The van der Waals surface area contributed by atoms with Crippen LogP contribution in [0.3, 0.4) is 0 Å². The van der Waals surface area contributed by atoms with Gasteiger partial charge < -0.3 is 4.90 Å². The fourth-order valence-electron chi connectivity index (χ4n) is 6.13. The lowest BCUT2D eigenvalue weighted by Crippen LogP contribution is -2.22. The standard InChI is InChI=1S/C39H40N2O6S2/c1-5-40(26-30-12-10-16-35(24-30)48(42,43)44)33-18-20-37(28(3)22-33)39(32-14-8-7-9-15-32)38-21-19-34(23-29(38)4)41(6-2)27-31-13-11-17-36(25-31)49(45,46)47/h7-25H,5-6,26-27H2,1-4H3,(H-,42,43,44,45,46,47)/p+1. The van der Waals surface area contributed by atoms with E-state index in [9.17, 15) is 25.9 Å². The summed E-state index contributed by atoms with van der Waals surface area (Å²) in [7, 11) is -8.59. The number of anilines is 1. The van der Waals surface area contributed by atoms with Crippen molar-refractivity contribution in [2.45, 2.75) is 50.6 Å². The first-order valence-corrected chi connectivity index (χ1v) is 18.9. The summed E-state index contributed by atoms with van der Waals surface area (Å²) in [6.07, 6.45) is 6.38. The molecule has 1 aliphatic rings. The van der Waals surface area contributed by atoms with Gasteiger partial charge in [-0.15, -0.1) is 0 Å². The van der Waals surface area contributed by atoms with E-state index in [0.29, 0.717) is 26.2 Å². The molecule has 2 N–H and O–H groups in total. The molecule has 0 atom stereocenters. The van der Waals surface area contributed by atoms with Gasteiger partial charge in [-0.25, -0.2) is 4.58 Å².